The van der Waals surface area contributed by atoms with Crippen LogP contribution < -0.4 is 0 Å². The number of nitrogens with zero attached hydrogens (tertiary/aromatic N) is 1. The molecule has 0 radical (unpaired) electrons. The molecule has 120 valence electrons. The van der Waals surface area contributed by atoms with Crippen LogP contribution in [0.3, 0.4) is 0 Å². The summed E-state index contributed by atoms with van der Waals surface area (Å²) in [6.07, 6.45) is -1.53. The van der Waals surface area contributed by atoms with Gasteiger partial charge in [-0.1, -0.05) is 0 Å². The minimum Gasteiger partial charge on any atom is -0.462 e. The van der Waals surface area contributed by atoms with E-state index >= 15 is 0 Å². The van der Waals surface area contributed by atoms with E-state index in [1.165, 1.54) is 6.92 Å². The Labute approximate surface area is 122 Å². The van der Waals surface area contributed by atoms with Gasteiger partial charge < -0.3 is 9.47 Å². The molecule has 2 aliphatic rings. The molecule has 0 spiro atoms. The second kappa shape index (κ2) is 5.10. The van der Waals surface area contributed by atoms with Gasteiger partial charge in [-0.05, 0) is 20.8 Å². The van der Waals surface area contributed by atoms with Crippen molar-refractivity contribution in [2.75, 3.05) is 0 Å². The van der Waals surface area contributed by atoms with Crippen LogP contribution in [0, 0.1) is 0 Å². The van der Waals surface area contributed by atoms with E-state index in [2.05, 4.69) is 0 Å². The van der Waals surface area contributed by atoms with Crippen molar-refractivity contribution in [3.63, 3.8) is 0 Å². The first kappa shape index (κ1) is 16.0. The Hall–Kier alpha value is -1.40. The Balaban J connectivity index is 2.15. The quantitative estimate of drug-likeness (QED) is 0.699. The molecule has 3 atom stereocenters. The third-order valence-corrected chi connectivity index (χ3v) is 3.68. The smallest absolute Gasteiger partial charge is 0.411 e. The van der Waals surface area contributed by atoms with Crippen LogP contribution in [0.15, 0.2) is 0 Å². The lowest BCUT2D eigenvalue weighted by molar-refractivity contribution is -0.151. The lowest BCUT2D eigenvalue weighted by Gasteiger charge is -2.39. The zero-order valence-electron chi connectivity index (χ0n) is 12.7. The van der Waals surface area contributed by atoms with E-state index < -0.39 is 48.2 Å². The maximum absolute atomic E-state index is 14.1. The van der Waals surface area contributed by atoms with Gasteiger partial charge >= 0.3 is 12.1 Å². The number of fused-ring (bicyclic) bond motifs is 2. The van der Waals surface area contributed by atoms with Crippen LogP contribution >= 0.6 is 0 Å². The monoisotopic (exact) mass is 305 g/mol. The number of carbonyl (C=O) groups excluding carboxylic acids is 2. The highest BCUT2D eigenvalue weighted by atomic mass is 19.3. The minimum absolute atomic E-state index is 0.0533. The van der Waals surface area contributed by atoms with Gasteiger partial charge in [0.15, 0.2) is 0 Å². The fourth-order valence-corrected chi connectivity index (χ4v) is 3.06. The molecule has 0 aromatic rings. The first-order valence-electron chi connectivity index (χ1n) is 7.06. The number of hydrogen-bond donors (Lipinski definition) is 0. The first-order chi connectivity index (χ1) is 9.49. The fraction of sp³-hybridized carbons (Fsp3) is 0.857. The minimum atomic E-state index is -2.98. The summed E-state index contributed by atoms with van der Waals surface area (Å²) in [6, 6.07) is -1.92. The average molecular weight is 305 g/mol. The number of hydrogen-bond acceptors (Lipinski definition) is 4. The predicted octanol–water partition coefficient (Wildman–Crippen LogP) is 2.73. The maximum Gasteiger partial charge on any atom is 0.411 e. The number of carbonyl (C=O) groups is 2. The Kier molecular flexibility index (Phi) is 3.88. The molecule has 0 saturated carbocycles. The molecule has 2 rings (SSSR count). The summed E-state index contributed by atoms with van der Waals surface area (Å²) in [7, 11) is 0. The summed E-state index contributed by atoms with van der Waals surface area (Å²) in [5, 5.41) is 0. The molecule has 0 aromatic carbocycles. The van der Waals surface area contributed by atoms with Crippen molar-refractivity contribution in [1.82, 2.24) is 4.90 Å². The Bertz CT molecular complexity index is 447. The molecule has 2 heterocycles. The van der Waals surface area contributed by atoms with Crippen LogP contribution in [0.2, 0.25) is 0 Å². The van der Waals surface area contributed by atoms with Crippen molar-refractivity contribution in [2.45, 2.75) is 76.7 Å². The molecular weight excluding hydrogens is 284 g/mol. The van der Waals surface area contributed by atoms with E-state index in [1.807, 2.05) is 0 Å². The number of amides is 1. The summed E-state index contributed by atoms with van der Waals surface area (Å²) < 4.78 is 38.4. The second-order valence-corrected chi connectivity index (χ2v) is 6.73. The molecule has 0 aliphatic carbocycles. The molecule has 2 bridgehead atoms. The molecule has 2 aliphatic heterocycles. The summed E-state index contributed by atoms with van der Waals surface area (Å²) in [5.41, 5.74) is -0.738. The number of ether oxygens (including phenoxy) is 2. The second-order valence-electron chi connectivity index (χ2n) is 6.73. The summed E-state index contributed by atoms with van der Waals surface area (Å²) >= 11 is 0. The van der Waals surface area contributed by atoms with Crippen molar-refractivity contribution in [3.8, 4) is 0 Å². The number of halogens is 2. The lowest BCUT2D eigenvalue weighted by Crippen LogP contribution is -2.52. The number of piperidine rings is 1. The first-order valence-corrected chi connectivity index (χ1v) is 7.06. The van der Waals surface area contributed by atoms with Gasteiger partial charge in [-0.15, -0.1) is 0 Å². The zero-order chi connectivity index (χ0) is 16.0. The molecule has 2 fully saturated rings. The van der Waals surface area contributed by atoms with Crippen LogP contribution in [0.25, 0.3) is 0 Å². The summed E-state index contributed by atoms with van der Waals surface area (Å²) in [4.78, 5) is 24.3. The summed E-state index contributed by atoms with van der Waals surface area (Å²) in [6.45, 7) is 6.32. The topological polar surface area (TPSA) is 55.8 Å². The van der Waals surface area contributed by atoms with Crippen LogP contribution in [0.4, 0.5) is 13.6 Å². The Morgan fingerprint density at radius 3 is 2.33 bits per heavy atom. The van der Waals surface area contributed by atoms with Gasteiger partial charge in [-0.25, -0.2) is 13.6 Å². The van der Waals surface area contributed by atoms with E-state index in [9.17, 15) is 18.4 Å². The van der Waals surface area contributed by atoms with Gasteiger partial charge in [0.25, 0.3) is 5.92 Å². The maximum atomic E-state index is 14.1. The van der Waals surface area contributed by atoms with Gasteiger partial charge in [0.05, 0.1) is 0 Å². The SMILES string of the molecule is CC(=O)OC1CC2CC(F)(F)C(C1)N2C(=O)OC(C)(C)C. The van der Waals surface area contributed by atoms with E-state index in [0.29, 0.717) is 0 Å². The highest BCUT2D eigenvalue weighted by Crippen LogP contribution is 2.46. The molecular formula is C14H21F2NO4. The van der Waals surface area contributed by atoms with Crippen LogP contribution in [-0.4, -0.2) is 46.7 Å². The molecule has 3 unspecified atom stereocenters. The van der Waals surface area contributed by atoms with Gasteiger partial charge in [-0.2, -0.15) is 0 Å². The van der Waals surface area contributed by atoms with Gasteiger partial charge in [-0.3, -0.25) is 9.69 Å². The molecule has 1 amide bonds. The van der Waals surface area contributed by atoms with Gasteiger partial charge in [0.1, 0.15) is 17.7 Å². The van der Waals surface area contributed by atoms with Gasteiger partial charge in [0, 0.05) is 32.2 Å². The highest BCUT2D eigenvalue weighted by molar-refractivity contribution is 5.70. The average Bonchev–Trinajstić information content (AvgIpc) is 2.39. The molecule has 7 heteroatoms. The number of esters is 1. The van der Waals surface area contributed by atoms with E-state index in [4.69, 9.17) is 9.47 Å². The largest absolute Gasteiger partial charge is 0.462 e. The molecule has 0 aromatic heterocycles. The van der Waals surface area contributed by atoms with Gasteiger partial charge in [0.2, 0.25) is 0 Å². The van der Waals surface area contributed by atoms with Crippen LogP contribution in [0.5, 0.6) is 0 Å². The number of alkyl halides is 2. The molecule has 0 N–H and O–H groups in total. The Morgan fingerprint density at radius 1 is 1.24 bits per heavy atom. The standard InChI is InChI=1S/C14H21F2NO4/c1-8(18)20-10-5-9-7-14(15,16)11(6-10)17(9)12(19)21-13(2,3)4/h9-11H,5-7H2,1-4H3. The normalized spacial score (nSPS) is 31.0. The van der Waals surface area contributed by atoms with Crippen LogP contribution in [-0.2, 0) is 14.3 Å². The predicted molar refractivity (Wildman–Crippen MR) is 70.0 cm³/mol. The van der Waals surface area contributed by atoms with E-state index in [0.717, 1.165) is 4.90 Å². The molecule has 5 nitrogen and oxygen atoms in total. The van der Waals surface area contributed by atoms with Crippen molar-refractivity contribution in [2.24, 2.45) is 0 Å². The highest BCUT2D eigenvalue weighted by Gasteiger charge is 2.60. The van der Waals surface area contributed by atoms with E-state index in [1.54, 1.807) is 20.8 Å². The zero-order valence-corrected chi connectivity index (χ0v) is 12.7. The van der Waals surface area contributed by atoms with Crippen LogP contribution in [0.1, 0.15) is 47.0 Å². The molecule has 2 saturated heterocycles. The Morgan fingerprint density at radius 2 is 1.86 bits per heavy atom. The molecule has 21 heavy (non-hydrogen) atoms. The lowest BCUT2D eigenvalue weighted by atomic mass is 9.99. The van der Waals surface area contributed by atoms with Crippen molar-refractivity contribution in [1.29, 1.82) is 0 Å². The summed E-state index contributed by atoms with van der Waals surface area (Å²) in [5.74, 6) is -3.47. The van der Waals surface area contributed by atoms with Crippen molar-refractivity contribution >= 4 is 12.1 Å². The van der Waals surface area contributed by atoms with E-state index in [-0.39, 0.29) is 12.8 Å². The van der Waals surface area contributed by atoms with Crippen molar-refractivity contribution in [3.05, 3.63) is 0 Å². The third kappa shape index (κ3) is 3.44. The van der Waals surface area contributed by atoms with Crippen molar-refractivity contribution < 1.29 is 27.8 Å². The number of rotatable bonds is 1. The fourth-order valence-electron chi connectivity index (χ4n) is 3.06. The third-order valence-electron chi connectivity index (χ3n) is 3.68.